The molecule has 5 aromatic carbocycles. The van der Waals surface area contributed by atoms with E-state index in [2.05, 4.69) is 93.7 Å². The third kappa shape index (κ3) is 20.8. The number of aryl methyl sites for hydroxylation is 5. The highest BCUT2D eigenvalue weighted by Gasteiger charge is 2.47. The van der Waals surface area contributed by atoms with Gasteiger partial charge in [-0.2, -0.15) is 0 Å². The molecule has 4 aliphatic rings. The smallest absolute Gasteiger partial charge is 0.246 e. The first-order valence-electron chi connectivity index (χ1n) is 40.0. The lowest BCUT2D eigenvalue weighted by Gasteiger charge is -2.36. The van der Waals surface area contributed by atoms with Crippen molar-refractivity contribution in [1.82, 2.24) is 81.7 Å². The highest BCUT2D eigenvalue weighted by molar-refractivity contribution is 5.97. The summed E-state index contributed by atoms with van der Waals surface area (Å²) in [6, 6.07) is 38.9. The zero-order valence-electron chi connectivity index (χ0n) is 64.0. The molecule has 0 bridgehead atoms. The van der Waals surface area contributed by atoms with Crippen LogP contribution in [-0.2, 0) is 77.1 Å². The average molecular weight is 1490 g/mol. The lowest BCUT2D eigenvalue weighted by atomic mass is 9.98. The summed E-state index contributed by atoms with van der Waals surface area (Å²) < 4.78 is 3.75. The van der Waals surface area contributed by atoms with Crippen molar-refractivity contribution in [3.8, 4) is 0 Å². The van der Waals surface area contributed by atoms with Crippen molar-refractivity contribution in [2.45, 2.75) is 255 Å². The highest BCUT2D eigenvalue weighted by Crippen LogP contribution is 2.35. The van der Waals surface area contributed by atoms with E-state index < -0.39 is 54.1 Å². The first-order chi connectivity index (χ1) is 53.5. The summed E-state index contributed by atoms with van der Waals surface area (Å²) >= 11 is 0. The number of nitrogens with one attached hydrogen (secondary N) is 8. The summed E-state index contributed by atoms with van der Waals surface area (Å²) in [5.74, 6) is -2.35. The summed E-state index contributed by atoms with van der Waals surface area (Å²) in [6.07, 6.45) is 26.8. The first kappa shape index (κ1) is 78.8. The molecule has 110 heavy (non-hydrogen) atoms. The van der Waals surface area contributed by atoms with Crippen LogP contribution in [0.1, 0.15) is 206 Å². The maximum Gasteiger partial charge on any atom is 0.246 e. The van der Waals surface area contributed by atoms with E-state index in [1.807, 2.05) is 150 Å². The lowest BCUT2D eigenvalue weighted by Crippen LogP contribution is -2.59. The molecule has 580 valence electrons. The fourth-order valence-electron chi connectivity index (χ4n) is 16.6. The monoisotopic (exact) mass is 1490 g/mol. The molecule has 0 unspecified atom stereocenters. The Kier molecular flexibility index (Phi) is 27.6. The van der Waals surface area contributed by atoms with E-state index in [-0.39, 0.29) is 66.4 Å². The van der Waals surface area contributed by atoms with Gasteiger partial charge in [0.15, 0.2) is 0 Å². The van der Waals surface area contributed by atoms with Gasteiger partial charge in [0.05, 0.1) is 24.0 Å². The minimum absolute atomic E-state index is 0.0272. The van der Waals surface area contributed by atoms with Crippen molar-refractivity contribution in [3.05, 3.63) is 203 Å². The number of hydrogen-bond acceptors (Lipinski definition) is 12. The van der Waals surface area contributed by atoms with E-state index in [0.29, 0.717) is 44.3 Å². The largest absolute Gasteiger partial charge is 0.361 e. The molecule has 24 nitrogen and oxygen atoms in total. The molecule has 4 aliphatic heterocycles. The number of benzene rings is 5. The standard InChI is InChI=1S/C50H61N11O4.C36H47N5O4/c1-34-32-59(57-55-34)28-12-10-14-36-22-24-37(25-23-36)15-11-13-29-60-33-45(56-58-60)47(38-16-4-3-5-17-38)54-49(64)46-27-26-40-18-6-8-21-43(50(65)61(40)46)53-48(63)44(52-35(2)62)30-39-31-51-42-20-9-7-19-41(39)42;1-3-4-6-17-29(25-13-7-5-8-14-25)39-35(44)33-21-20-27-15-9-11-19-31(36(45)41(27)33)40-34(43)32(38-24(2)42)22-26-23-37-30-18-12-10-16-28(26)30/h3-5,7,9,16-17,19-20,22-25,31-33,40,43-44,46-47,51H,6,8,10-15,18,21,26-30H2,1-2H3,(H,52,62)(H,53,63)(H,54,64);5,7-8,10,12-14,16,18,23,27,29,31-33,37H,3-4,6,9,11,15,17,19-22H2,1-2H3,(H,38,42)(H,39,44)(H,40,43)/t40-,43-,44-,46-,47-;27-,29+,31-,32-,33-/m00/s1. The average Bonchev–Trinajstić information content (AvgIpc) is 1.62. The normalized spacial score (nSPS) is 19.6. The molecule has 0 saturated carbocycles. The van der Waals surface area contributed by atoms with E-state index in [1.54, 1.807) is 9.80 Å². The van der Waals surface area contributed by atoms with Crippen LogP contribution in [0.3, 0.4) is 0 Å². The number of amides is 8. The predicted molar refractivity (Wildman–Crippen MR) is 422 cm³/mol. The quantitative estimate of drug-likeness (QED) is 0.0188. The van der Waals surface area contributed by atoms with E-state index in [1.165, 1.54) is 25.0 Å². The summed E-state index contributed by atoms with van der Waals surface area (Å²) in [5.41, 5.74) is 9.84. The summed E-state index contributed by atoms with van der Waals surface area (Å²) in [6.45, 7) is 8.47. The number of rotatable bonds is 31. The second-order valence-electron chi connectivity index (χ2n) is 30.4. The number of hydrogen-bond donors (Lipinski definition) is 8. The Hall–Kier alpha value is -10.8. The number of carbonyl (C=O) groups excluding carboxylic acids is 8. The van der Waals surface area contributed by atoms with Crippen LogP contribution in [0.4, 0.5) is 0 Å². The molecule has 0 aliphatic carbocycles. The van der Waals surface area contributed by atoms with Crippen LogP contribution < -0.4 is 31.9 Å². The van der Waals surface area contributed by atoms with Crippen LogP contribution in [0.15, 0.2) is 158 Å². The van der Waals surface area contributed by atoms with E-state index in [0.717, 1.165) is 165 Å². The van der Waals surface area contributed by atoms with Gasteiger partial charge in [0.25, 0.3) is 0 Å². The number of carbonyl (C=O) groups is 8. The van der Waals surface area contributed by atoms with Crippen molar-refractivity contribution in [2.75, 3.05) is 0 Å². The van der Waals surface area contributed by atoms with Crippen LogP contribution in [-0.4, -0.2) is 145 Å². The van der Waals surface area contributed by atoms with Gasteiger partial charge in [-0.15, -0.1) is 10.2 Å². The van der Waals surface area contributed by atoms with Crippen LogP contribution in [0.5, 0.6) is 0 Å². The van der Waals surface area contributed by atoms with Gasteiger partial charge in [-0.25, -0.2) is 0 Å². The molecule has 8 amide bonds. The Morgan fingerprint density at radius 1 is 0.491 bits per heavy atom. The van der Waals surface area contributed by atoms with E-state index >= 15 is 0 Å². The third-order valence-corrected chi connectivity index (χ3v) is 22.3. The molecule has 13 rings (SSSR count). The number of unbranched alkanes of at least 4 members (excludes halogenated alkanes) is 4. The molecule has 8 heterocycles. The molecule has 4 fully saturated rings. The number of nitrogens with zero attached hydrogens (tertiary/aromatic N) is 8. The van der Waals surface area contributed by atoms with Crippen molar-refractivity contribution in [3.63, 3.8) is 0 Å². The molecule has 8 N–H and O–H groups in total. The van der Waals surface area contributed by atoms with Gasteiger partial charge in [-0.3, -0.25) is 47.7 Å². The summed E-state index contributed by atoms with van der Waals surface area (Å²) in [4.78, 5) is 119. The van der Waals surface area contributed by atoms with Crippen LogP contribution in [0, 0.1) is 6.92 Å². The highest BCUT2D eigenvalue weighted by atomic mass is 16.2. The van der Waals surface area contributed by atoms with Crippen LogP contribution in [0.2, 0.25) is 0 Å². The van der Waals surface area contributed by atoms with Crippen LogP contribution in [0.25, 0.3) is 21.8 Å². The van der Waals surface area contributed by atoms with Crippen molar-refractivity contribution in [2.24, 2.45) is 0 Å². The van der Waals surface area contributed by atoms with Crippen molar-refractivity contribution < 1.29 is 38.4 Å². The second kappa shape index (κ2) is 38.5. The molecule has 24 heteroatoms. The zero-order chi connectivity index (χ0) is 76.9. The Bertz CT molecular complexity index is 4550. The Labute approximate surface area is 644 Å². The van der Waals surface area contributed by atoms with Gasteiger partial charge >= 0.3 is 0 Å². The number of H-pyrrole nitrogens is 2. The minimum Gasteiger partial charge on any atom is -0.361 e. The fourth-order valence-corrected chi connectivity index (χ4v) is 16.6. The van der Waals surface area contributed by atoms with Crippen molar-refractivity contribution >= 4 is 69.1 Å². The molecule has 0 spiro atoms. The molecular weight excluding hydrogens is 1390 g/mol. The van der Waals surface area contributed by atoms with E-state index in [9.17, 15) is 38.4 Å². The molecular formula is C86H108N16O8. The zero-order valence-corrected chi connectivity index (χ0v) is 64.0. The number of para-hydroxylation sites is 2. The fraction of sp³-hybridized carbons (Fsp3) is 0.465. The summed E-state index contributed by atoms with van der Waals surface area (Å²) in [5, 5.41) is 37.3. The number of fused-ring (bicyclic) bond motifs is 4. The van der Waals surface area contributed by atoms with Gasteiger partial charge in [-0.05, 0) is 149 Å². The van der Waals surface area contributed by atoms with E-state index in [4.69, 9.17) is 0 Å². The molecule has 9 aromatic rings. The number of aromatic nitrogens is 8. The molecule has 4 saturated heterocycles. The number of aromatic amines is 2. The third-order valence-electron chi connectivity index (χ3n) is 22.3. The second-order valence-corrected chi connectivity index (χ2v) is 30.4. The Morgan fingerprint density at radius 3 is 1.45 bits per heavy atom. The van der Waals surface area contributed by atoms with Gasteiger partial charge in [-0.1, -0.05) is 184 Å². The van der Waals surface area contributed by atoms with Crippen LogP contribution >= 0.6 is 0 Å². The van der Waals surface area contributed by atoms with Gasteiger partial charge < -0.3 is 51.7 Å². The topological polar surface area (TPSA) is 308 Å². The van der Waals surface area contributed by atoms with Gasteiger partial charge in [0.2, 0.25) is 47.3 Å². The predicted octanol–water partition coefficient (Wildman–Crippen LogP) is 11.1. The van der Waals surface area contributed by atoms with Crippen molar-refractivity contribution in [1.29, 1.82) is 0 Å². The molecule has 4 aromatic heterocycles. The first-order valence-corrected chi connectivity index (χ1v) is 40.0. The molecule has 0 radical (unpaired) electrons. The summed E-state index contributed by atoms with van der Waals surface area (Å²) in [7, 11) is 0. The SMILES string of the molecule is CC(=O)N[C@@H](Cc1c[nH]c2ccccc12)C(=O)N[C@H]1CCCC[C@H]2CC[C@@H](C(=O)N[C@@H](c3ccccc3)c3cn(CCCCc4ccc(CCCCn5cc(C)nn5)cc4)nn3)N2C1=O.CCCCC[C@@H](NC(=O)[C@@H]1CC[C@@H]2CCCC[C@H](NC(=O)[C@H](Cc3c[nH]c4ccccc34)NC(C)=O)C(=O)N21)c1ccccc1. The maximum atomic E-state index is 14.5. The lowest BCUT2D eigenvalue weighted by molar-refractivity contribution is -0.144. The maximum absolute atomic E-state index is 14.5. The Morgan fingerprint density at radius 2 is 0.955 bits per heavy atom. The molecule has 10 atom stereocenters. The van der Waals surface area contributed by atoms with Gasteiger partial charge in [0, 0.05) is 92.3 Å². The van der Waals surface area contributed by atoms with Gasteiger partial charge in [0.1, 0.15) is 41.9 Å². The Balaban J connectivity index is 0.000000219. The minimum atomic E-state index is -0.890.